The number of carbonyl (C=O) groups is 2. The van der Waals surface area contributed by atoms with Crippen molar-refractivity contribution < 1.29 is 14.3 Å². The van der Waals surface area contributed by atoms with Crippen LogP contribution in [-0.2, 0) is 9.53 Å². The lowest BCUT2D eigenvalue weighted by Crippen LogP contribution is -2.44. The van der Waals surface area contributed by atoms with Crippen molar-refractivity contribution in [3.05, 3.63) is 0 Å². The fraction of sp³-hybridized carbons (Fsp3) is 0.714. The molecule has 5 nitrogen and oxygen atoms in total. The third-order valence-corrected chi connectivity index (χ3v) is 2.06. The molecule has 0 aliphatic heterocycles. The van der Waals surface area contributed by atoms with Gasteiger partial charge in [0.25, 0.3) is 0 Å². The van der Waals surface area contributed by atoms with Crippen LogP contribution in [0.15, 0.2) is 0 Å². The summed E-state index contributed by atoms with van der Waals surface area (Å²) in [5.74, 6) is 0.299. The minimum Gasteiger partial charge on any atom is -0.467 e. The maximum atomic E-state index is 11.1. The van der Waals surface area contributed by atoms with E-state index in [2.05, 4.69) is 10.1 Å². The van der Waals surface area contributed by atoms with Crippen LogP contribution in [-0.4, -0.2) is 37.2 Å². The van der Waals surface area contributed by atoms with Gasteiger partial charge >= 0.3 is 12.0 Å². The molecule has 76 valence electrons. The Balaban J connectivity index is 4.02. The van der Waals surface area contributed by atoms with E-state index in [1.165, 1.54) is 7.11 Å². The molecule has 3 N–H and O–H groups in total. The average molecular weight is 206 g/mol. The fourth-order valence-electron chi connectivity index (χ4n) is 0.799. The Labute approximate surface area is 81.4 Å². The molecule has 0 aromatic heterocycles. The zero-order valence-corrected chi connectivity index (χ0v) is 8.52. The van der Waals surface area contributed by atoms with E-state index in [1.807, 2.05) is 6.26 Å². The topological polar surface area (TPSA) is 81.4 Å². The van der Waals surface area contributed by atoms with Gasteiger partial charge in [0, 0.05) is 0 Å². The van der Waals surface area contributed by atoms with Crippen LogP contribution in [0.2, 0.25) is 0 Å². The molecule has 0 heterocycles. The van der Waals surface area contributed by atoms with Crippen molar-refractivity contribution >= 4 is 23.8 Å². The first kappa shape index (κ1) is 12.1. The number of primary amides is 1. The first-order valence-corrected chi connectivity index (χ1v) is 5.14. The number of esters is 1. The number of methoxy groups -OCH3 is 1. The van der Waals surface area contributed by atoms with E-state index in [0.29, 0.717) is 6.42 Å². The lowest BCUT2D eigenvalue weighted by molar-refractivity contribution is -0.142. The van der Waals surface area contributed by atoms with E-state index in [4.69, 9.17) is 5.73 Å². The highest BCUT2D eigenvalue weighted by molar-refractivity contribution is 7.98. The molecular weight excluding hydrogens is 192 g/mol. The zero-order chi connectivity index (χ0) is 10.3. The number of hydrogen-bond acceptors (Lipinski definition) is 4. The Morgan fingerprint density at radius 2 is 2.23 bits per heavy atom. The quantitative estimate of drug-likeness (QED) is 0.618. The lowest BCUT2D eigenvalue weighted by atomic mass is 10.2. The SMILES string of the molecule is COC(=O)C(CCSC)NC(N)=O. The summed E-state index contributed by atoms with van der Waals surface area (Å²) in [5, 5.41) is 2.32. The number of thioether (sulfide) groups is 1. The Bertz CT molecular complexity index is 187. The second-order valence-corrected chi connectivity index (χ2v) is 3.35. The molecule has 13 heavy (non-hydrogen) atoms. The minimum atomic E-state index is -0.712. The van der Waals surface area contributed by atoms with E-state index >= 15 is 0 Å². The first-order chi connectivity index (χ1) is 6.11. The summed E-state index contributed by atoms with van der Waals surface area (Å²) in [6.45, 7) is 0. The predicted molar refractivity (Wildman–Crippen MR) is 51.5 cm³/mol. The molecule has 0 aromatic rings. The Kier molecular flexibility index (Phi) is 6.13. The number of ether oxygens (including phenoxy) is 1. The van der Waals surface area contributed by atoms with E-state index < -0.39 is 18.0 Å². The average Bonchev–Trinajstić information content (AvgIpc) is 2.10. The molecule has 0 fully saturated rings. The van der Waals surface area contributed by atoms with Crippen LogP contribution < -0.4 is 11.1 Å². The number of urea groups is 1. The smallest absolute Gasteiger partial charge is 0.328 e. The summed E-state index contributed by atoms with van der Waals surface area (Å²) >= 11 is 1.59. The number of carbonyl (C=O) groups excluding carboxylic acids is 2. The number of nitrogens with one attached hydrogen (secondary N) is 1. The molecular formula is C7H14N2O3S. The van der Waals surface area contributed by atoms with Crippen LogP contribution in [0.1, 0.15) is 6.42 Å². The van der Waals surface area contributed by atoms with Crippen molar-refractivity contribution in [2.45, 2.75) is 12.5 Å². The Hall–Kier alpha value is -0.910. The molecule has 0 spiro atoms. The van der Waals surface area contributed by atoms with E-state index in [1.54, 1.807) is 11.8 Å². The standard InChI is InChI=1S/C7H14N2O3S/c1-12-6(10)5(3-4-13-2)9-7(8)11/h5H,3-4H2,1-2H3,(H3,8,9,11). The van der Waals surface area contributed by atoms with Gasteiger partial charge in [0.2, 0.25) is 0 Å². The number of amides is 2. The van der Waals surface area contributed by atoms with Crippen molar-refractivity contribution in [3.8, 4) is 0 Å². The van der Waals surface area contributed by atoms with E-state index in [9.17, 15) is 9.59 Å². The van der Waals surface area contributed by atoms with Crippen LogP contribution in [0.25, 0.3) is 0 Å². The molecule has 0 aliphatic rings. The summed E-state index contributed by atoms with van der Waals surface area (Å²) in [6, 6.07) is -1.34. The van der Waals surface area contributed by atoms with Crippen molar-refractivity contribution in [3.63, 3.8) is 0 Å². The minimum absolute atomic E-state index is 0.465. The van der Waals surface area contributed by atoms with Gasteiger partial charge in [-0.25, -0.2) is 9.59 Å². The van der Waals surface area contributed by atoms with E-state index in [-0.39, 0.29) is 0 Å². The first-order valence-electron chi connectivity index (χ1n) is 3.74. The summed E-state index contributed by atoms with van der Waals surface area (Å²) in [4.78, 5) is 21.5. The molecule has 0 saturated carbocycles. The second-order valence-electron chi connectivity index (χ2n) is 2.37. The van der Waals surface area contributed by atoms with Gasteiger partial charge in [-0.1, -0.05) is 0 Å². The molecule has 1 atom stereocenters. The molecule has 0 saturated heterocycles. The largest absolute Gasteiger partial charge is 0.467 e. The molecule has 0 aromatic carbocycles. The summed E-state index contributed by atoms with van der Waals surface area (Å²) in [7, 11) is 1.27. The molecule has 0 radical (unpaired) electrons. The van der Waals surface area contributed by atoms with E-state index in [0.717, 1.165) is 5.75 Å². The van der Waals surface area contributed by atoms with Gasteiger partial charge in [0.15, 0.2) is 0 Å². The van der Waals surface area contributed by atoms with Crippen LogP contribution in [0.5, 0.6) is 0 Å². The van der Waals surface area contributed by atoms with Crippen LogP contribution in [0.3, 0.4) is 0 Å². The third-order valence-electron chi connectivity index (χ3n) is 1.41. The van der Waals surface area contributed by atoms with Gasteiger partial charge in [-0.15, -0.1) is 0 Å². The maximum Gasteiger partial charge on any atom is 0.328 e. The van der Waals surface area contributed by atoms with Crippen molar-refractivity contribution in [2.75, 3.05) is 19.1 Å². The third kappa shape index (κ3) is 5.35. The number of hydrogen-bond donors (Lipinski definition) is 2. The highest BCUT2D eigenvalue weighted by Crippen LogP contribution is 2.01. The Morgan fingerprint density at radius 1 is 1.62 bits per heavy atom. The molecule has 0 aliphatic carbocycles. The molecule has 1 unspecified atom stereocenters. The monoisotopic (exact) mass is 206 g/mol. The van der Waals surface area contributed by atoms with Crippen LogP contribution in [0.4, 0.5) is 4.79 Å². The summed E-state index contributed by atoms with van der Waals surface area (Å²) in [5.41, 5.74) is 4.89. The molecule has 6 heteroatoms. The fourth-order valence-corrected chi connectivity index (χ4v) is 1.27. The summed E-state index contributed by atoms with van der Waals surface area (Å²) < 4.78 is 4.49. The number of nitrogens with two attached hydrogens (primary N) is 1. The highest BCUT2D eigenvalue weighted by Gasteiger charge is 2.19. The summed E-state index contributed by atoms with van der Waals surface area (Å²) in [6.07, 6.45) is 2.44. The van der Waals surface area contributed by atoms with Crippen LogP contribution >= 0.6 is 11.8 Å². The zero-order valence-electron chi connectivity index (χ0n) is 7.70. The van der Waals surface area contributed by atoms with Gasteiger partial charge in [-0.2, -0.15) is 11.8 Å². The number of rotatable bonds is 5. The highest BCUT2D eigenvalue weighted by atomic mass is 32.2. The normalized spacial score (nSPS) is 11.8. The van der Waals surface area contributed by atoms with Crippen molar-refractivity contribution in [1.29, 1.82) is 0 Å². The van der Waals surface area contributed by atoms with Crippen molar-refractivity contribution in [2.24, 2.45) is 5.73 Å². The predicted octanol–water partition coefficient (Wildman–Crippen LogP) is -0.0506. The molecule has 2 amide bonds. The van der Waals surface area contributed by atoms with Gasteiger partial charge in [0.05, 0.1) is 7.11 Å². The van der Waals surface area contributed by atoms with Gasteiger partial charge in [-0.3, -0.25) is 0 Å². The maximum absolute atomic E-state index is 11.1. The molecule has 0 bridgehead atoms. The van der Waals surface area contributed by atoms with Crippen molar-refractivity contribution in [1.82, 2.24) is 5.32 Å². The lowest BCUT2D eigenvalue weighted by Gasteiger charge is -2.13. The Morgan fingerprint density at radius 3 is 2.62 bits per heavy atom. The van der Waals surface area contributed by atoms with Gasteiger partial charge < -0.3 is 15.8 Å². The second kappa shape index (κ2) is 6.59. The van der Waals surface area contributed by atoms with Crippen LogP contribution in [0, 0.1) is 0 Å². The molecule has 0 rings (SSSR count). The van der Waals surface area contributed by atoms with Gasteiger partial charge in [-0.05, 0) is 18.4 Å². The van der Waals surface area contributed by atoms with Gasteiger partial charge in [0.1, 0.15) is 6.04 Å².